The maximum Gasteiger partial charge on any atom is 0.326 e. The zero-order valence-corrected chi connectivity index (χ0v) is 12.7. The molecular formula is C14H15F2N3O4. The SMILES string of the molecule is CC(C)(C)OC(=O)Cn1ccc(-c2nnc(C(F)F)o2)cc1=O. The van der Waals surface area contributed by atoms with Gasteiger partial charge in [-0.1, -0.05) is 0 Å². The van der Waals surface area contributed by atoms with E-state index >= 15 is 0 Å². The van der Waals surface area contributed by atoms with Crippen molar-refractivity contribution in [1.82, 2.24) is 14.8 Å². The molecule has 0 N–H and O–H groups in total. The molecule has 0 amide bonds. The van der Waals surface area contributed by atoms with E-state index in [2.05, 4.69) is 10.2 Å². The summed E-state index contributed by atoms with van der Waals surface area (Å²) in [7, 11) is 0. The lowest BCUT2D eigenvalue weighted by Crippen LogP contribution is -2.30. The van der Waals surface area contributed by atoms with Gasteiger partial charge in [0.1, 0.15) is 12.1 Å². The average Bonchev–Trinajstić information content (AvgIpc) is 2.88. The standard InChI is InChI=1S/C14H15F2N3O4/c1-14(2,3)23-10(21)7-19-5-4-8(6-9(19)20)12-17-18-13(22-12)11(15)16/h4-6,11H,7H2,1-3H3. The van der Waals surface area contributed by atoms with Crippen molar-refractivity contribution in [2.75, 3.05) is 0 Å². The first kappa shape index (κ1) is 16.8. The van der Waals surface area contributed by atoms with E-state index in [1.165, 1.54) is 12.3 Å². The van der Waals surface area contributed by atoms with Gasteiger partial charge in [-0.15, -0.1) is 10.2 Å². The van der Waals surface area contributed by atoms with Crippen LogP contribution in [0.1, 0.15) is 33.1 Å². The Kier molecular flexibility index (Phi) is 4.57. The van der Waals surface area contributed by atoms with Crippen molar-refractivity contribution in [2.24, 2.45) is 0 Å². The number of hydrogen-bond acceptors (Lipinski definition) is 6. The zero-order chi connectivity index (χ0) is 17.2. The second-order valence-electron chi connectivity index (χ2n) is 5.71. The molecule has 0 saturated carbocycles. The van der Waals surface area contributed by atoms with Gasteiger partial charge in [-0.25, -0.2) is 0 Å². The largest absolute Gasteiger partial charge is 0.459 e. The lowest BCUT2D eigenvalue weighted by atomic mass is 10.2. The summed E-state index contributed by atoms with van der Waals surface area (Å²) in [6, 6.07) is 2.53. The molecule has 0 saturated heterocycles. The summed E-state index contributed by atoms with van der Waals surface area (Å²) in [4.78, 5) is 23.7. The van der Waals surface area contributed by atoms with E-state index < -0.39 is 29.4 Å². The highest BCUT2D eigenvalue weighted by molar-refractivity contribution is 5.69. The maximum atomic E-state index is 12.4. The van der Waals surface area contributed by atoms with Gasteiger partial charge >= 0.3 is 12.4 Å². The summed E-state index contributed by atoms with van der Waals surface area (Å²) < 4.78 is 35.8. The number of carbonyl (C=O) groups is 1. The Hall–Kier alpha value is -2.58. The van der Waals surface area contributed by atoms with E-state index in [4.69, 9.17) is 9.15 Å². The molecule has 0 aliphatic heterocycles. The van der Waals surface area contributed by atoms with Crippen molar-refractivity contribution in [3.63, 3.8) is 0 Å². The topological polar surface area (TPSA) is 87.2 Å². The molecule has 0 atom stereocenters. The van der Waals surface area contributed by atoms with E-state index in [1.807, 2.05) is 0 Å². The van der Waals surface area contributed by atoms with Crippen LogP contribution in [-0.4, -0.2) is 26.3 Å². The molecule has 0 spiro atoms. The van der Waals surface area contributed by atoms with Crippen LogP contribution in [0.25, 0.3) is 11.5 Å². The highest BCUT2D eigenvalue weighted by atomic mass is 19.3. The summed E-state index contributed by atoms with van der Waals surface area (Å²) in [6.45, 7) is 4.88. The molecule has 2 aromatic heterocycles. The number of halogens is 2. The Bertz CT molecular complexity index is 762. The summed E-state index contributed by atoms with van der Waals surface area (Å²) in [5, 5.41) is 6.63. The van der Waals surface area contributed by atoms with Crippen LogP contribution >= 0.6 is 0 Å². The molecule has 2 rings (SSSR count). The minimum Gasteiger partial charge on any atom is -0.459 e. The third kappa shape index (κ3) is 4.44. The van der Waals surface area contributed by atoms with Crippen molar-refractivity contribution in [1.29, 1.82) is 0 Å². The minimum absolute atomic E-state index is 0.190. The number of pyridine rings is 1. The van der Waals surface area contributed by atoms with Crippen LogP contribution < -0.4 is 5.56 Å². The summed E-state index contributed by atoms with van der Waals surface area (Å²) in [5.41, 5.74) is -0.990. The van der Waals surface area contributed by atoms with Crippen LogP contribution in [-0.2, 0) is 16.1 Å². The quantitative estimate of drug-likeness (QED) is 0.800. The van der Waals surface area contributed by atoms with E-state index in [1.54, 1.807) is 20.8 Å². The van der Waals surface area contributed by atoms with Crippen molar-refractivity contribution < 1.29 is 22.7 Å². The van der Waals surface area contributed by atoms with E-state index in [0.29, 0.717) is 0 Å². The number of aromatic nitrogens is 3. The highest BCUT2D eigenvalue weighted by Crippen LogP contribution is 2.22. The van der Waals surface area contributed by atoms with Gasteiger partial charge in [0.25, 0.3) is 11.4 Å². The average molecular weight is 327 g/mol. The Morgan fingerprint density at radius 3 is 2.61 bits per heavy atom. The van der Waals surface area contributed by atoms with Crippen molar-refractivity contribution in [3.05, 3.63) is 34.6 Å². The lowest BCUT2D eigenvalue weighted by molar-refractivity contribution is -0.155. The van der Waals surface area contributed by atoms with Gasteiger partial charge in [0.15, 0.2) is 0 Å². The number of alkyl halides is 2. The monoisotopic (exact) mass is 327 g/mol. The van der Waals surface area contributed by atoms with Crippen LogP contribution in [0, 0.1) is 0 Å². The lowest BCUT2D eigenvalue weighted by Gasteiger charge is -2.19. The minimum atomic E-state index is -2.89. The third-order valence-corrected chi connectivity index (χ3v) is 2.59. The number of hydrogen-bond donors (Lipinski definition) is 0. The van der Waals surface area contributed by atoms with Crippen LogP contribution in [0.3, 0.4) is 0 Å². The van der Waals surface area contributed by atoms with Crippen molar-refractivity contribution in [2.45, 2.75) is 39.3 Å². The molecule has 23 heavy (non-hydrogen) atoms. The normalized spacial score (nSPS) is 11.7. The first-order chi connectivity index (χ1) is 10.7. The molecular weight excluding hydrogens is 312 g/mol. The molecule has 2 heterocycles. The van der Waals surface area contributed by atoms with Gasteiger partial charge in [-0.2, -0.15) is 8.78 Å². The second kappa shape index (κ2) is 6.27. The molecule has 0 aliphatic carbocycles. The molecule has 0 unspecified atom stereocenters. The van der Waals surface area contributed by atoms with Crippen LogP contribution in [0.2, 0.25) is 0 Å². The van der Waals surface area contributed by atoms with Gasteiger partial charge in [-0.3, -0.25) is 9.59 Å². The highest BCUT2D eigenvalue weighted by Gasteiger charge is 2.19. The van der Waals surface area contributed by atoms with E-state index in [-0.39, 0.29) is 18.0 Å². The Labute approximate surface area is 129 Å². The molecule has 124 valence electrons. The predicted octanol–water partition coefficient (Wildman–Crippen LogP) is 2.18. The Morgan fingerprint density at radius 1 is 1.39 bits per heavy atom. The summed E-state index contributed by atoms with van der Waals surface area (Å²) >= 11 is 0. The maximum absolute atomic E-state index is 12.4. The zero-order valence-electron chi connectivity index (χ0n) is 12.7. The van der Waals surface area contributed by atoms with Gasteiger partial charge in [0.05, 0.1) is 0 Å². The van der Waals surface area contributed by atoms with Crippen LogP contribution in [0.5, 0.6) is 0 Å². The number of esters is 1. The third-order valence-electron chi connectivity index (χ3n) is 2.59. The van der Waals surface area contributed by atoms with E-state index in [9.17, 15) is 18.4 Å². The fourth-order valence-corrected chi connectivity index (χ4v) is 1.72. The molecule has 0 fully saturated rings. The molecule has 7 nitrogen and oxygen atoms in total. The smallest absolute Gasteiger partial charge is 0.326 e. The van der Waals surface area contributed by atoms with Crippen molar-refractivity contribution in [3.8, 4) is 11.5 Å². The van der Waals surface area contributed by atoms with Crippen LogP contribution in [0.15, 0.2) is 27.5 Å². The van der Waals surface area contributed by atoms with Gasteiger partial charge in [0.2, 0.25) is 5.89 Å². The number of rotatable bonds is 4. The number of nitrogens with zero attached hydrogens (tertiary/aromatic N) is 3. The summed E-state index contributed by atoms with van der Waals surface area (Å²) in [6.07, 6.45) is -1.56. The molecule has 2 aromatic rings. The van der Waals surface area contributed by atoms with Crippen molar-refractivity contribution >= 4 is 5.97 Å². The number of carbonyl (C=O) groups excluding carboxylic acids is 1. The van der Waals surface area contributed by atoms with Gasteiger partial charge < -0.3 is 13.7 Å². The first-order valence-corrected chi connectivity index (χ1v) is 6.70. The predicted molar refractivity (Wildman–Crippen MR) is 74.8 cm³/mol. The molecule has 0 aliphatic rings. The molecule has 0 radical (unpaired) electrons. The fraction of sp³-hybridized carbons (Fsp3) is 0.429. The second-order valence-corrected chi connectivity index (χ2v) is 5.71. The Morgan fingerprint density at radius 2 is 2.09 bits per heavy atom. The van der Waals surface area contributed by atoms with Crippen LogP contribution in [0.4, 0.5) is 8.78 Å². The molecule has 0 bridgehead atoms. The first-order valence-electron chi connectivity index (χ1n) is 6.70. The summed E-state index contributed by atoms with van der Waals surface area (Å²) in [5.74, 6) is -1.58. The fourth-order valence-electron chi connectivity index (χ4n) is 1.72. The Balaban J connectivity index is 2.17. The van der Waals surface area contributed by atoms with Gasteiger partial charge in [0, 0.05) is 17.8 Å². The number of ether oxygens (including phenoxy) is 1. The van der Waals surface area contributed by atoms with E-state index in [0.717, 1.165) is 10.6 Å². The molecule has 0 aromatic carbocycles. The molecule has 9 heteroatoms. The van der Waals surface area contributed by atoms with Gasteiger partial charge in [-0.05, 0) is 26.8 Å².